The molecule has 98 valence electrons. The molecule has 0 aromatic heterocycles. The minimum atomic E-state index is -0.460. The van der Waals surface area contributed by atoms with E-state index in [-0.39, 0.29) is 11.5 Å². The Morgan fingerprint density at radius 2 is 1.84 bits per heavy atom. The molecule has 0 saturated heterocycles. The van der Waals surface area contributed by atoms with Crippen LogP contribution in [0.5, 0.6) is 0 Å². The molecule has 0 saturated carbocycles. The van der Waals surface area contributed by atoms with Crippen LogP contribution in [0, 0.1) is 12.7 Å². The summed E-state index contributed by atoms with van der Waals surface area (Å²) in [5, 5.41) is 2.72. The molecule has 0 aliphatic carbocycles. The predicted molar refractivity (Wildman–Crippen MR) is 80.9 cm³/mol. The van der Waals surface area contributed by atoms with Crippen molar-refractivity contribution in [2.24, 2.45) is 0 Å². The lowest BCUT2D eigenvalue weighted by Gasteiger charge is -2.07. The molecular weight excluding hydrogens is 377 g/mol. The Morgan fingerprint density at radius 3 is 2.47 bits per heavy atom. The van der Waals surface area contributed by atoms with Gasteiger partial charge in [0, 0.05) is 15.7 Å². The molecule has 2 rings (SSSR count). The Bertz CT molecular complexity index is 643. The quantitative estimate of drug-likeness (QED) is 0.780. The number of carbonyl (C=O) groups excluding carboxylic acids is 1. The van der Waals surface area contributed by atoms with Gasteiger partial charge >= 0.3 is 0 Å². The second kappa shape index (κ2) is 5.84. The highest BCUT2D eigenvalue weighted by molar-refractivity contribution is 9.10. The molecule has 0 spiro atoms. The van der Waals surface area contributed by atoms with Crippen LogP contribution in [-0.4, -0.2) is 5.91 Å². The number of rotatable bonds is 2. The Kier molecular flexibility index (Phi) is 4.37. The summed E-state index contributed by atoms with van der Waals surface area (Å²) in [6.45, 7) is 1.96. The van der Waals surface area contributed by atoms with Crippen molar-refractivity contribution in [1.29, 1.82) is 0 Å². The van der Waals surface area contributed by atoms with Crippen LogP contribution in [0.2, 0.25) is 0 Å². The number of hydrogen-bond acceptors (Lipinski definition) is 1. The van der Waals surface area contributed by atoms with Gasteiger partial charge in [0.25, 0.3) is 5.91 Å². The fraction of sp³-hybridized carbons (Fsp3) is 0.0714. The highest BCUT2D eigenvalue weighted by Crippen LogP contribution is 2.22. The first-order chi connectivity index (χ1) is 8.97. The predicted octanol–water partition coefficient (Wildman–Crippen LogP) is 4.91. The Labute approximate surface area is 127 Å². The molecule has 0 radical (unpaired) electrons. The van der Waals surface area contributed by atoms with Crippen LogP contribution in [0.3, 0.4) is 0 Å². The highest BCUT2D eigenvalue weighted by atomic mass is 79.9. The Balaban J connectivity index is 2.20. The van der Waals surface area contributed by atoms with E-state index in [4.69, 9.17) is 0 Å². The van der Waals surface area contributed by atoms with Crippen LogP contribution in [-0.2, 0) is 0 Å². The zero-order valence-electron chi connectivity index (χ0n) is 10.0. The van der Waals surface area contributed by atoms with E-state index in [0.717, 1.165) is 10.0 Å². The monoisotopic (exact) mass is 385 g/mol. The van der Waals surface area contributed by atoms with Crippen molar-refractivity contribution in [3.05, 3.63) is 62.3 Å². The van der Waals surface area contributed by atoms with Crippen LogP contribution in [0.1, 0.15) is 15.9 Å². The smallest absolute Gasteiger partial charge is 0.255 e. The summed E-state index contributed by atoms with van der Waals surface area (Å²) < 4.78 is 14.6. The van der Waals surface area contributed by atoms with Gasteiger partial charge in [-0.15, -0.1) is 0 Å². The molecule has 1 N–H and O–H groups in total. The molecule has 5 heteroatoms. The van der Waals surface area contributed by atoms with Crippen LogP contribution in [0.4, 0.5) is 10.1 Å². The first-order valence-corrected chi connectivity index (χ1v) is 7.08. The Hall–Kier alpha value is -1.20. The van der Waals surface area contributed by atoms with Gasteiger partial charge in [-0.3, -0.25) is 4.79 Å². The van der Waals surface area contributed by atoms with Gasteiger partial charge in [-0.05, 0) is 58.7 Å². The van der Waals surface area contributed by atoms with Gasteiger partial charge in [0.2, 0.25) is 0 Å². The van der Waals surface area contributed by atoms with Crippen molar-refractivity contribution in [1.82, 2.24) is 0 Å². The SMILES string of the molecule is Cc1ccc(NC(=O)c2ccc(Br)c(F)c2)cc1Br. The normalized spacial score (nSPS) is 10.3. The maximum atomic E-state index is 13.4. The molecule has 0 fully saturated rings. The van der Waals surface area contributed by atoms with Crippen molar-refractivity contribution < 1.29 is 9.18 Å². The molecule has 0 aliphatic rings. The second-order valence-corrected chi connectivity index (χ2v) is 5.76. The van der Waals surface area contributed by atoms with Crippen molar-refractivity contribution in [2.75, 3.05) is 5.32 Å². The summed E-state index contributed by atoms with van der Waals surface area (Å²) in [5.41, 5.74) is 2.01. The molecule has 19 heavy (non-hydrogen) atoms. The van der Waals surface area contributed by atoms with E-state index in [1.54, 1.807) is 12.1 Å². The van der Waals surface area contributed by atoms with Gasteiger partial charge in [-0.1, -0.05) is 22.0 Å². The number of carbonyl (C=O) groups is 1. The summed E-state index contributed by atoms with van der Waals surface area (Å²) in [6.07, 6.45) is 0. The van der Waals surface area contributed by atoms with Gasteiger partial charge in [-0.2, -0.15) is 0 Å². The maximum Gasteiger partial charge on any atom is 0.255 e. The summed E-state index contributed by atoms with van der Waals surface area (Å²) in [4.78, 5) is 12.0. The van der Waals surface area contributed by atoms with E-state index in [0.29, 0.717) is 10.2 Å². The van der Waals surface area contributed by atoms with Crippen LogP contribution in [0.15, 0.2) is 45.3 Å². The van der Waals surface area contributed by atoms with Gasteiger partial charge in [-0.25, -0.2) is 4.39 Å². The average molecular weight is 387 g/mol. The third-order valence-corrected chi connectivity index (χ3v) is 4.11. The molecule has 0 aliphatic heterocycles. The van der Waals surface area contributed by atoms with Crippen molar-refractivity contribution in [3.8, 4) is 0 Å². The molecule has 2 aromatic rings. The lowest BCUT2D eigenvalue weighted by atomic mass is 10.2. The van der Waals surface area contributed by atoms with Crippen molar-refractivity contribution in [3.63, 3.8) is 0 Å². The van der Waals surface area contributed by atoms with E-state index < -0.39 is 5.82 Å². The third-order valence-electron chi connectivity index (χ3n) is 2.61. The third kappa shape index (κ3) is 3.42. The molecule has 0 atom stereocenters. The number of benzene rings is 2. The average Bonchev–Trinajstić information content (AvgIpc) is 2.37. The molecule has 0 bridgehead atoms. The lowest BCUT2D eigenvalue weighted by Crippen LogP contribution is -2.12. The second-order valence-electron chi connectivity index (χ2n) is 4.05. The number of anilines is 1. The number of amides is 1. The summed E-state index contributed by atoms with van der Waals surface area (Å²) in [5.74, 6) is -0.806. The zero-order chi connectivity index (χ0) is 14.0. The van der Waals surface area contributed by atoms with Crippen molar-refractivity contribution >= 4 is 43.5 Å². The van der Waals surface area contributed by atoms with E-state index in [1.165, 1.54) is 12.1 Å². The minimum Gasteiger partial charge on any atom is -0.322 e. The molecule has 1 amide bonds. The minimum absolute atomic E-state index is 0.275. The molecule has 0 unspecified atom stereocenters. The number of aryl methyl sites for hydroxylation is 1. The topological polar surface area (TPSA) is 29.1 Å². The number of halogens is 3. The van der Waals surface area contributed by atoms with E-state index in [2.05, 4.69) is 37.2 Å². The molecule has 2 nitrogen and oxygen atoms in total. The number of nitrogens with one attached hydrogen (secondary N) is 1. The van der Waals surface area contributed by atoms with Crippen molar-refractivity contribution in [2.45, 2.75) is 6.92 Å². The largest absolute Gasteiger partial charge is 0.322 e. The molecular formula is C14H10Br2FNO. The zero-order valence-corrected chi connectivity index (χ0v) is 13.2. The van der Waals surface area contributed by atoms with Gasteiger partial charge < -0.3 is 5.32 Å². The van der Waals surface area contributed by atoms with Gasteiger partial charge in [0.1, 0.15) is 5.82 Å². The standard InChI is InChI=1S/C14H10Br2FNO/c1-8-2-4-10(7-12(8)16)18-14(19)9-3-5-11(15)13(17)6-9/h2-7H,1H3,(H,18,19). The summed E-state index contributed by atoms with van der Waals surface area (Å²) in [7, 11) is 0. The fourth-order valence-electron chi connectivity index (χ4n) is 1.51. The Morgan fingerprint density at radius 1 is 1.11 bits per heavy atom. The summed E-state index contributed by atoms with van der Waals surface area (Å²) >= 11 is 6.45. The summed E-state index contributed by atoms with van der Waals surface area (Å²) in [6, 6.07) is 9.77. The fourth-order valence-corrected chi connectivity index (χ4v) is 2.14. The van der Waals surface area contributed by atoms with Crippen LogP contribution in [0.25, 0.3) is 0 Å². The van der Waals surface area contributed by atoms with E-state index in [1.807, 2.05) is 19.1 Å². The van der Waals surface area contributed by atoms with Crippen LogP contribution >= 0.6 is 31.9 Å². The first kappa shape index (κ1) is 14.2. The first-order valence-electron chi connectivity index (χ1n) is 5.50. The van der Waals surface area contributed by atoms with Gasteiger partial charge in [0.05, 0.1) is 4.47 Å². The highest BCUT2D eigenvalue weighted by Gasteiger charge is 2.09. The van der Waals surface area contributed by atoms with Gasteiger partial charge in [0.15, 0.2) is 0 Å². The number of hydrogen-bond donors (Lipinski definition) is 1. The van der Waals surface area contributed by atoms with E-state index >= 15 is 0 Å². The van der Waals surface area contributed by atoms with Crippen LogP contribution < -0.4 is 5.32 Å². The molecule has 0 heterocycles. The maximum absolute atomic E-state index is 13.4. The molecule has 2 aromatic carbocycles. The lowest BCUT2D eigenvalue weighted by molar-refractivity contribution is 0.102. The van der Waals surface area contributed by atoms with E-state index in [9.17, 15) is 9.18 Å².